The van der Waals surface area contributed by atoms with E-state index >= 15 is 0 Å². The molecule has 25 heteroatoms. The van der Waals surface area contributed by atoms with E-state index in [1.807, 2.05) is 11.7 Å². The number of ether oxygens (including phenoxy) is 1. The average molecular weight is 963 g/mol. The second-order valence-electron chi connectivity index (χ2n) is 15.4. The van der Waals surface area contributed by atoms with Gasteiger partial charge in [0.25, 0.3) is 5.91 Å². The number of benzene rings is 1. The Morgan fingerprint density at radius 2 is 1.82 bits per heavy atom. The third-order valence-electron chi connectivity index (χ3n) is 10.8. The number of hydrogen-bond acceptors (Lipinski definition) is 15. The van der Waals surface area contributed by atoms with Gasteiger partial charge in [0, 0.05) is 75.8 Å². The van der Waals surface area contributed by atoms with Crippen LogP contribution in [0.15, 0.2) is 55.2 Å². The summed E-state index contributed by atoms with van der Waals surface area (Å²) in [6, 6.07) is 7.93. The van der Waals surface area contributed by atoms with E-state index in [0.29, 0.717) is 60.3 Å². The van der Waals surface area contributed by atoms with Crippen molar-refractivity contribution in [2.24, 2.45) is 5.73 Å². The van der Waals surface area contributed by atoms with Gasteiger partial charge < -0.3 is 41.1 Å². The fraction of sp³-hybridized carbons (Fsp3) is 0.425. The molecular formula is C40H48BrN15O9. The SMILES string of the molecule is CN(CCN(C)C(=O)n1ccc2c(-c3cnn(C4(CC#N)CNC4)c3)ncnc21)C(=O)OCc1ccc(NC(=O)CNC(=O)C2CCCN2C(=O)C(CC(N)=O)NONC(=O)CBr)cc1. The lowest BCUT2D eigenvalue weighted by molar-refractivity contribution is -0.153. The van der Waals surface area contributed by atoms with Crippen LogP contribution in [0.25, 0.3) is 22.3 Å². The first-order chi connectivity index (χ1) is 31.2. The van der Waals surface area contributed by atoms with Crippen LogP contribution in [-0.4, -0.2) is 151 Å². The molecule has 5 heterocycles. The molecule has 24 nitrogen and oxygen atoms in total. The number of aromatic nitrogens is 5. The molecule has 1 aromatic carbocycles. The first-order valence-corrected chi connectivity index (χ1v) is 21.5. The lowest BCUT2D eigenvalue weighted by Gasteiger charge is -2.41. The average Bonchev–Trinajstić information content (AvgIpc) is 4.08. The van der Waals surface area contributed by atoms with Crippen molar-refractivity contribution in [3.05, 3.63) is 60.8 Å². The molecule has 2 saturated heterocycles. The van der Waals surface area contributed by atoms with E-state index in [2.05, 4.69) is 58.5 Å². The molecule has 0 spiro atoms. The van der Waals surface area contributed by atoms with Gasteiger partial charge in [0.15, 0.2) is 5.65 Å². The first kappa shape index (κ1) is 47.5. The molecule has 0 bridgehead atoms. The minimum atomic E-state index is -1.29. The topological polar surface area (TPSA) is 306 Å². The maximum atomic E-state index is 13.5. The van der Waals surface area contributed by atoms with Crippen molar-refractivity contribution in [1.29, 1.82) is 5.26 Å². The second-order valence-corrected chi connectivity index (χ2v) is 16.0. The Kier molecular flexibility index (Phi) is 15.8. The quantitative estimate of drug-likeness (QED) is 0.0529. The zero-order valence-corrected chi connectivity index (χ0v) is 37.1. The molecule has 4 aromatic rings. The molecule has 7 amide bonds. The maximum Gasteiger partial charge on any atom is 0.409 e. The van der Waals surface area contributed by atoms with E-state index in [0.717, 1.165) is 5.56 Å². The number of halogens is 1. The molecule has 0 radical (unpaired) electrons. The number of hydrogen-bond donors (Lipinski definition) is 6. The van der Waals surface area contributed by atoms with Crippen LogP contribution in [0.3, 0.4) is 0 Å². The van der Waals surface area contributed by atoms with Gasteiger partial charge in [0.1, 0.15) is 30.6 Å². The molecule has 7 N–H and O–H groups in total. The summed E-state index contributed by atoms with van der Waals surface area (Å²) >= 11 is 2.94. The molecule has 2 aliphatic heterocycles. The van der Waals surface area contributed by atoms with E-state index in [-0.39, 0.29) is 37.6 Å². The predicted molar refractivity (Wildman–Crippen MR) is 233 cm³/mol. The number of alkyl halides is 1. The zero-order valence-electron chi connectivity index (χ0n) is 35.5. The number of amides is 7. The standard InChI is InChI=1S/C40H48BrN15O9/c1-52(38(62)55-13-9-28-34(46-24-47-35(28)55)26-18-48-56(20-26)40(10-11-42)22-44-23-40)14-15-53(2)39(63)64-21-25-5-7-27(8-6-25)49-33(59)19-45-36(60)30-4-3-12-54(30)37(61)29(16-31(43)57)50-65-51-32(58)17-41/h5-9,13,18,20,24,29-30,44,50H,3-4,10,12,14-17,19,21-23H2,1-2H3,(H2,43,57)(H,45,60)(H,49,59)(H,51,58). The van der Waals surface area contributed by atoms with Crippen molar-refractivity contribution in [1.82, 2.24) is 60.6 Å². The highest BCUT2D eigenvalue weighted by Gasteiger charge is 2.40. The van der Waals surface area contributed by atoms with Gasteiger partial charge >= 0.3 is 12.1 Å². The fourth-order valence-corrected chi connectivity index (χ4v) is 7.25. The van der Waals surface area contributed by atoms with Crippen molar-refractivity contribution in [3.8, 4) is 17.3 Å². The van der Waals surface area contributed by atoms with Crippen molar-refractivity contribution >= 4 is 74.3 Å². The highest BCUT2D eigenvalue weighted by atomic mass is 79.9. The minimum absolute atomic E-state index is 0.0707. The number of rotatable bonds is 19. The van der Waals surface area contributed by atoms with Crippen LogP contribution in [0.5, 0.6) is 0 Å². The number of nitrogens with zero attached hydrogens (tertiary/aromatic N) is 9. The fourth-order valence-electron chi connectivity index (χ4n) is 7.14. The van der Waals surface area contributed by atoms with Crippen LogP contribution in [0.1, 0.15) is 31.2 Å². The molecule has 2 aliphatic rings. The summed E-state index contributed by atoms with van der Waals surface area (Å²) in [5.41, 5.74) is 12.0. The Morgan fingerprint density at radius 1 is 1.06 bits per heavy atom. The number of nitrogens with one attached hydrogen (secondary N) is 5. The molecule has 3 aromatic heterocycles. The molecule has 0 aliphatic carbocycles. The summed E-state index contributed by atoms with van der Waals surface area (Å²) in [6.45, 7) is 1.35. The van der Waals surface area contributed by atoms with Gasteiger partial charge in [-0.15, -0.1) is 0 Å². The molecular weight excluding hydrogens is 914 g/mol. The summed E-state index contributed by atoms with van der Waals surface area (Å²) in [4.78, 5) is 106. The number of primary amides is 1. The summed E-state index contributed by atoms with van der Waals surface area (Å²) in [5.74, 6) is -3.14. The van der Waals surface area contributed by atoms with Gasteiger partial charge in [0.05, 0.1) is 42.7 Å². The number of carbonyl (C=O) groups is 7. The number of carbonyl (C=O) groups excluding carboxylic acids is 7. The minimum Gasteiger partial charge on any atom is -0.445 e. The normalized spacial score (nSPS) is 15.5. The smallest absolute Gasteiger partial charge is 0.409 e. The van der Waals surface area contributed by atoms with E-state index in [9.17, 15) is 38.8 Å². The van der Waals surface area contributed by atoms with E-state index < -0.39 is 66.2 Å². The van der Waals surface area contributed by atoms with Crippen LogP contribution in [0.4, 0.5) is 15.3 Å². The highest BCUT2D eigenvalue weighted by molar-refractivity contribution is 9.09. The van der Waals surface area contributed by atoms with Gasteiger partial charge in [-0.05, 0) is 36.6 Å². The van der Waals surface area contributed by atoms with Crippen molar-refractivity contribution in [2.75, 3.05) is 64.0 Å². The van der Waals surface area contributed by atoms with E-state index in [4.69, 9.17) is 15.4 Å². The molecule has 344 valence electrons. The molecule has 6 rings (SSSR count). The van der Waals surface area contributed by atoms with Crippen LogP contribution in [0.2, 0.25) is 0 Å². The third kappa shape index (κ3) is 11.6. The third-order valence-corrected chi connectivity index (χ3v) is 11.3. The molecule has 0 saturated carbocycles. The lowest BCUT2D eigenvalue weighted by atomic mass is 9.89. The number of hydroxylamine groups is 2. The van der Waals surface area contributed by atoms with E-state index in [1.54, 1.807) is 61.5 Å². The molecule has 2 fully saturated rings. The summed E-state index contributed by atoms with van der Waals surface area (Å²) in [6.07, 6.45) is 6.56. The molecule has 2 atom stereocenters. The number of fused-ring (bicyclic) bond motifs is 1. The Balaban J connectivity index is 0.924. The second kappa shape index (κ2) is 21.6. The van der Waals surface area contributed by atoms with Crippen LogP contribution in [-0.2, 0) is 45.8 Å². The summed E-state index contributed by atoms with van der Waals surface area (Å²) < 4.78 is 8.67. The Bertz CT molecular complexity index is 2450. The lowest BCUT2D eigenvalue weighted by Crippen LogP contribution is -2.60. The van der Waals surface area contributed by atoms with Gasteiger partial charge in [-0.25, -0.2) is 25.0 Å². The van der Waals surface area contributed by atoms with E-state index in [1.165, 1.54) is 25.6 Å². The zero-order chi connectivity index (χ0) is 46.7. The highest BCUT2D eigenvalue weighted by Crippen LogP contribution is 2.30. The molecule has 65 heavy (non-hydrogen) atoms. The van der Waals surface area contributed by atoms with Crippen LogP contribution < -0.4 is 32.6 Å². The Hall–Kier alpha value is -7.01. The number of anilines is 1. The van der Waals surface area contributed by atoms with Gasteiger partial charge in [-0.2, -0.15) is 20.8 Å². The number of likely N-dealkylation sites (N-methyl/N-ethyl adjacent to an activating group) is 2. The number of nitriles is 1. The van der Waals surface area contributed by atoms with Crippen molar-refractivity contribution in [2.45, 2.75) is 49.9 Å². The van der Waals surface area contributed by atoms with Crippen LogP contribution >= 0.6 is 15.9 Å². The predicted octanol–water partition coefficient (Wildman–Crippen LogP) is -0.0875. The van der Waals surface area contributed by atoms with Gasteiger partial charge in [-0.1, -0.05) is 28.1 Å². The van der Waals surface area contributed by atoms with Gasteiger partial charge in [-0.3, -0.25) is 33.2 Å². The Labute approximate surface area is 380 Å². The molecule has 2 unspecified atom stereocenters. The van der Waals surface area contributed by atoms with Crippen LogP contribution in [0, 0.1) is 11.3 Å². The van der Waals surface area contributed by atoms with Crippen molar-refractivity contribution in [3.63, 3.8) is 0 Å². The number of likely N-dealkylation sites (tertiary alicyclic amines) is 1. The summed E-state index contributed by atoms with van der Waals surface area (Å²) in [5, 5.41) is 22.8. The van der Waals surface area contributed by atoms with Gasteiger partial charge in [0.2, 0.25) is 23.6 Å². The Morgan fingerprint density at radius 3 is 2.51 bits per heavy atom. The first-order valence-electron chi connectivity index (χ1n) is 20.3. The summed E-state index contributed by atoms with van der Waals surface area (Å²) in [7, 11) is 3.16. The van der Waals surface area contributed by atoms with Crippen molar-refractivity contribution < 1.29 is 43.2 Å². The monoisotopic (exact) mass is 961 g/mol. The number of nitrogens with two attached hydrogens (primary N) is 1. The maximum absolute atomic E-state index is 13.5. The largest absolute Gasteiger partial charge is 0.445 e.